The van der Waals surface area contributed by atoms with E-state index in [0.717, 1.165) is 4.90 Å². The third-order valence-corrected chi connectivity index (χ3v) is 4.83. The number of anilines is 2. The number of nitrogens with zero attached hydrogens (tertiary/aromatic N) is 1. The molecule has 0 aliphatic rings. The molecule has 0 radical (unpaired) electrons. The zero-order chi connectivity index (χ0) is 18.9. The average molecular weight is 372 g/mol. The summed E-state index contributed by atoms with van der Waals surface area (Å²) in [4.78, 5) is 24.3. The maximum atomic E-state index is 12.4. The highest BCUT2D eigenvalue weighted by molar-refractivity contribution is 8.00. The highest BCUT2D eigenvalue weighted by atomic mass is 32.2. The third kappa shape index (κ3) is 5.52. The van der Waals surface area contributed by atoms with Crippen LogP contribution in [0.5, 0.6) is 0 Å². The van der Waals surface area contributed by atoms with Gasteiger partial charge in [-0.05, 0) is 48.9 Å². The predicted octanol–water partition coefficient (Wildman–Crippen LogP) is 3.21. The van der Waals surface area contributed by atoms with Gasteiger partial charge in [0, 0.05) is 21.8 Å². The van der Waals surface area contributed by atoms with Gasteiger partial charge in [-0.15, -0.1) is 11.8 Å². The summed E-state index contributed by atoms with van der Waals surface area (Å²) in [6.07, 6.45) is 1.87. The molecule has 0 aliphatic heterocycles. The predicted molar refractivity (Wildman–Crippen MR) is 105 cm³/mol. The largest absolute Gasteiger partial charge is 0.480 e. The van der Waals surface area contributed by atoms with E-state index >= 15 is 0 Å². The molecule has 2 aromatic carbocycles. The molecule has 0 aromatic heterocycles. The molecule has 0 saturated carbocycles. The van der Waals surface area contributed by atoms with Crippen molar-refractivity contribution >= 4 is 41.4 Å². The maximum Gasteiger partial charge on any atom is 0.316 e. The zero-order valence-electron chi connectivity index (χ0n) is 14.2. The van der Waals surface area contributed by atoms with Crippen LogP contribution >= 0.6 is 11.8 Å². The van der Waals surface area contributed by atoms with Crippen LogP contribution in [0.3, 0.4) is 0 Å². The van der Waals surface area contributed by atoms with Crippen LogP contribution in [0.25, 0.3) is 0 Å². The van der Waals surface area contributed by atoms with Crippen molar-refractivity contribution in [3.63, 3.8) is 0 Å². The van der Waals surface area contributed by atoms with Crippen LogP contribution in [-0.2, 0) is 4.79 Å². The molecule has 0 saturated heterocycles. The molecule has 7 nitrogen and oxygen atoms in total. The minimum Gasteiger partial charge on any atom is -0.480 e. The lowest BCUT2D eigenvalue weighted by Gasteiger charge is -2.10. The zero-order valence-corrected chi connectivity index (χ0v) is 15.0. The molecule has 2 rings (SSSR count). The molecular formula is C18H20N4O3S. The van der Waals surface area contributed by atoms with Gasteiger partial charge in [0.2, 0.25) is 0 Å². The van der Waals surface area contributed by atoms with Gasteiger partial charge in [-0.25, -0.2) is 0 Å². The molecular weight excluding hydrogens is 352 g/mol. The van der Waals surface area contributed by atoms with Crippen molar-refractivity contribution in [3.8, 4) is 0 Å². The molecule has 1 amide bonds. The topological polar surface area (TPSA) is 117 Å². The van der Waals surface area contributed by atoms with Gasteiger partial charge in [0.15, 0.2) is 0 Å². The monoisotopic (exact) mass is 372 g/mol. The van der Waals surface area contributed by atoms with Crippen LogP contribution in [0.1, 0.15) is 23.7 Å². The number of hydrogen-bond donors (Lipinski definition) is 4. The van der Waals surface area contributed by atoms with Crippen LogP contribution in [0.15, 0.2) is 58.5 Å². The lowest BCUT2D eigenvalue weighted by Crippen LogP contribution is -2.14. The van der Waals surface area contributed by atoms with E-state index in [1.54, 1.807) is 48.5 Å². The molecule has 1 unspecified atom stereocenters. The number of amides is 1. The SMILES string of the molecule is CCC(Sc1ccc(NC(=O)c2cccc(NC=NN)c2)cc1)C(=O)O. The van der Waals surface area contributed by atoms with Crippen LogP contribution in [0, 0.1) is 0 Å². The van der Waals surface area contributed by atoms with E-state index in [0.29, 0.717) is 23.4 Å². The second-order valence-electron chi connectivity index (χ2n) is 5.33. The Bertz CT molecular complexity index is 793. The van der Waals surface area contributed by atoms with Crippen molar-refractivity contribution in [2.24, 2.45) is 10.9 Å². The number of thioether (sulfide) groups is 1. The lowest BCUT2D eigenvalue weighted by molar-refractivity contribution is -0.136. The molecule has 0 spiro atoms. The summed E-state index contributed by atoms with van der Waals surface area (Å²) in [6, 6.07) is 14.0. The number of carboxylic acid groups (broad SMARTS) is 1. The molecule has 0 heterocycles. The van der Waals surface area contributed by atoms with E-state index in [9.17, 15) is 9.59 Å². The number of hydrogen-bond acceptors (Lipinski definition) is 5. The van der Waals surface area contributed by atoms with Crippen molar-refractivity contribution in [1.29, 1.82) is 0 Å². The first-order valence-corrected chi connectivity index (χ1v) is 8.80. The highest BCUT2D eigenvalue weighted by Gasteiger charge is 2.16. The Hall–Kier alpha value is -3.00. The molecule has 2 aromatic rings. The fourth-order valence-electron chi connectivity index (χ4n) is 2.15. The Labute approximate surface area is 155 Å². The number of aliphatic carboxylic acids is 1. The highest BCUT2D eigenvalue weighted by Crippen LogP contribution is 2.27. The minimum absolute atomic E-state index is 0.254. The Morgan fingerprint density at radius 3 is 2.58 bits per heavy atom. The maximum absolute atomic E-state index is 12.4. The number of carbonyl (C=O) groups is 2. The van der Waals surface area contributed by atoms with Gasteiger partial charge in [0.25, 0.3) is 5.91 Å². The molecule has 0 aliphatic carbocycles. The van der Waals surface area contributed by atoms with Gasteiger partial charge in [-0.2, -0.15) is 5.10 Å². The smallest absolute Gasteiger partial charge is 0.316 e. The second-order valence-corrected chi connectivity index (χ2v) is 6.61. The molecule has 26 heavy (non-hydrogen) atoms. The molecule has 136 valence electrons. The van der Waals surface area contributed by atoms with Crippen molar-refractivity contribution in [2.75, 3.05) is 10.6 Å². The third-order valence-electron chi connectivity index (χ3n) is 3.47. The first kappa shape index (κ1) is 19.3. The quantitative estimate of drug-likeness (QED) is 0.186. The first-order valence-electron chi connectivity index (χ1n) is 7.92. The van der Waals surface area contributed by atoms with Crippen LogP contribution in [0.2, 0.25) is 0 Å². The second kappa shape index (κ2) is 9.47. The number of rotatable bonds is 8. The molecule has 8 heteroatoms. The number of benzene rings is 2. The summed E-state index contributed by atoms with van der Waals surface area (Å²) in [5.41, 5.74) is 1.80. The fourth-order valence-corrected chi connectivity index (χ4v) is 3.04. The van der Waals surface area contributed by atoms with Crippen molar-refractivity contribution < 1.29 is 14.7 Å². The number of hydrazone groups is 1. The Balaban J connectivity index is 2.02. The van der Waals surface area contributed by atoms with Crippen molar-refractivity contribution in [3.05, 3.63) is 54.1 Å². The standard InChI is InChI=1S/C18H20N4O3S/c1-2-16(18(24)25)26-15-8-6-13(7-9-15)22-17(23)12-4-3-5-14(10-12)20-11-21-19/h3-11,16H,2,19H2,1H3,(H,20,21)(H,22,23)(H,24,25). The molecule has 5 N–H and O–H groups in total. The Morgan fingerprint density at radius 2 is 1.96 bits per heavy atom. The van der Waals surface area contributed by atoms with Gasteiger partial charge in [0.1, 0.15) is 11.6 Å². The average Bonchev–Trinajstić information content (AvgIpc) is 2.65. The summed E-state index contributed by atoms with van der Waals surface area (Å²) in [7, 11) is 0. The summed E-state index contributed by atoms with van der Waals surface area (Å²) in [5, 5.41) is 17.6. The van der Waals surface area contributed by atoms with Crippen LogP contribution in [-0.4, -0.2) is 28.6 Å². The summed E-state index contributed by atoms with van der Waals surface area (Å²) >= 11 is 1.29. The van der Waals surface area contributed by atoms with Crippen LogP contribution < -0.4 is 16.5 Å². The number of carbonyl (C=O) groups excluding carboxylic acids is 1. The number of carboxylic acids is 1. The number of nitrogens with one attached hydrogen (secondary N) is 2. The summed E-state index contributed by atoms with van der Waals surface area (Å²) in [6.45, 7) is 1.84. The molecule has 0 bridgehead atoms. The minimum atomic E-state index is -0.831. The van der Waals surface area contributed by atoms with E-state index in [1.807, 2.05) is 6.92 Å². The normalized spacial score (nSPS) is 11.9. The number of nitrogens with two attached hydrogens (primary N) is 1. The van der Waals surface area contributed by atoms with Crippen molar-refractivity contribution in [2.45, 2.75) is 23.5 Å². The van der Waals surface area contributed by atoms with Gasteiger partial charge in [-0.1, -0.05) is 13.0 Å². The first-order chi connectivity index (χ1) is 12.5. The van der Waals surface area contributed by atoms with Crippen LogP contribution in [0.4, 0.5) is 11.4 Å². The van der Waals surface area contributed by atoms with Gasteiger partial charge < -0.3 is 21.6 Å². The van der Waals surface area contributed by atoms with E-state index in [1.165, 1.54) is 18.1 Å². The van der Waals surface area contributed by atoms with Gasteiger partial charge in [-0.3, -0.25) is 9.59 Å². The molecule has 0 fully saturated rings. The Morgan fingerprint density at radius 1 is 1.23 bits per heavy atom. The van der Waals surface area contributed by atoms with Crippen molar-refractivity contribution in [1.82, 2.24) is 0 Å². The van der Waals surface area contributed by atoms with Gasteiger partial charge in [0.05, 0.1) is 0 Å². The fraction of sp³-hybridized carbons (Fsp3) is 0.167. The molecule has 1 atom stereocenters. The summed E-state index contributed by atoms with van der Waals surface area (Å²) < 4.78 is 0. The van der Waals surface area contributed by atoms with E-state index < -0.39 is 11.2 Å². The lowest BCUT2D eigenvalue weighted by atomic mass is 10.2. The van der Waals surface area contributed by atoms with E-state index in [2.05, 4.69) is 15.7 Å². The summed E-state index contributed by atoms with van der Waals surface area (Å²) in [5.74, 6) is 3.95. The van der Waals surface area contributed by atoms with E-state index in [4.69, 9.17) is 10.9 Å². The van der Waals surface area contributed by atoms with E-state index in [-0.39, 0.29) is 5.91 Å². The Kier molecular flexibility index (Phi) is 7.04. The van der Waals surface area contributed by atoms with Gasteiger partial charge >= 0.3 is 5.97 Å².